The quantitative estimate of drug-likeness (QED) is 0.335. The normalized spacial score (nSPS) is 12.9. The van der Waals surface area contributed by atoms with Crippen molar-refractivity contribution in [3.05, 3.63) is 12.2 Å². The molecule has 0 saturated heterocycles. The van der Waals surface area contributed by atoms with Crippen molar-refractivity contribution in [3.8, 4) is 0 Å². The van der Waals surface area contributed by atoms with E-state index in [0.717, 1.165) is 12.8 Å². The van der Waals surface area contributed by atoms with Gasteiger partial charge in [0.25, 0.3) is 0 Å². The third-order valence-electron chi connectivity index (χ3n) is 3.63. The summed E-state index contributed by atoms with van der Waals surface area (Å²) < 4.78 is 0. The average molecular weight is 281 g/mol. The Morgan fingerprint density at radius 1 is 0.850 bits per heavy atom. The molecule has 0 saturated carbocycles. The minimum atomic E-state index is -0.862. The van der Waals surface area contributed by atoms with E-state index in [2.05, 4.69) is 19.1 Å². The zero-order valence-corrected chi connectivity index (χ0v) is 13.3. The molecule has 0 aliphatic carbocycles. The lowest BCUT2D eigenvalue weighted by Crippen LogP contribution is -2.06. The number of aliphatic hydroxyl groups is 1. The molecular formula is C18H33O2. The molecule has 0 fully saturated rings. The van der Waals surface area contributed by atoms with Crippen molar-refractivity contribution in [2.75, 3.05) is 0 Å². The minimum Gasteiger partial charge on any atom is -0.385 e. The Morgan fingerprint density at radius 2 is 1.35 bits per heavy atom. The van der Waals surface area contributed by atoms with E-state index < -0.39 is 6.10 Å². The van der Waals surface area contributed by atoms with Crippen molar-refractivity contribution < 1.29 is 9.90 Å². The first-order valence-electron chi connectivity index (χ1n) is 8.52. The summed E-state index contributed by atoms with van der Waals surface area (Å²) in [6, 6.07) is 0. The molecule has 1 unspecified atom stereocenters. The van der Waals surface area contributed by atoms with E-state index >= 15 is 0 Å². The van der Waals surface area contributed by atoms with Crippen molar-refractivity contribution in [1.82, 2.24) is 0 Å². The minimum absolute atomic E-state index is 0.576. The third kappa shape index (κ3) is 15.4. The molecule has 0 amide bonds. The number of rotatable bonds is 15. The summed E-state index contributed by atoms with van der Waals surface area (Å²) in [5.41, 5.74) is 0. The van der Waals surface area contributed by atoms with Crippen molar-refractivity contribution in [3.63, 3.8) is 0 Å². The molecule has 2 heteroatoms. The number of aliphatic hydroxyl groups excluding tert-OH is 1. The van der Waals surface area contributed by atoms with Crippen LogP contribution >= 0.6 is 0 Å². The van der Waals surface area contributed by atoms with Crippen LogP contribution in [-0.2, 0) is 4.79 Å². The smallest absolute Gasteiger partial charge is 0.229 e. The maximum absolute atomic E-state index is 10.1. The van der Waals surface area contributed by atoms with Crippen molar-refractivity contribution >= 4 is 6.29 Å². The van der Waals surface area contributed by atoms with Crippen LogP contribution in [0, 0.1) is 0 Å². The lowest BCUT2D eigenvalue weighted by molar-refractivity contribution is 0.219. The highest BCUT2D eigenvalue weighted by Crippen LogP contribution is 2.11. The molecule has 1 atom stereocenters. The van der Waals surface area contributed by atoms with Crippen LogP contribution < -0.4 is 0 Å². The van der Waals surface area contributed by atoms with Gasteiger partial charge >= 0.3 is 0 Å². The molecule has 0 aliphatic rings. The summed E-state index contributed by atoms with van der Waals surface area (Å²) in [5, 5.41) is 9.02. The Labute approximate surface area is 125 Å². The van der Waals surface area contributed by atoms with Crippen molar-refractivity contribution in [2.45, 2.75) is 96.5 Å². The van der Waals surface area contributed by atoms with E-state index in [9.17, 15) is 4.79 Å². The van der Waals surface area contributed by atoms with Gasteiger partial charge in [0.05, 0.1) is 0 Å². The number of carbonyl (C=O) groups excluding carboxylic acids is 1. The molecule has 1 radical (unpaired) electrons. The highest BCUT2D eigenvalue weighted by atomic mass is 16.3. The lowest BCUT2D eigenvalue weighted by Gasteiger charge is -2.02. The molecule has 0 aromatic rings. The fraction of sp³-hybridized carbons (Fsp3) is 0.833. The molecule has 2 nitrogen and oxygen atoms in total. The molecule has 0 aliphatic heterocycles. The highest BCUT2D eigenvalue weighted by Gasteiger charge is 2.01. The maximum Gasteiger partial charge on any atom is 0.229 e. The fourth-order valence-corrected chi connectivity index (χ4v) is 2.29. The van der Waals surface area contributed by atoms with E-state index in [-0.39, 0.29) is 0 Å². The van der Waals surface area contributed by atoms with Crippen LogP contribution in [0.25, 0.3) is 0 Å². The molecule has 0 bridgehead atoms. The van der Waals surface area contributed by atoms with Gasteiger partial charge < -0.3 is 5.11 Å². The molecule has 0 aromatic heterocycles. The molecule has 0 aromatic carbocycles. The fourth-order valence-electron chi connectivity index (χ4n) is 2.29. The Morgan fingerprint density at radius 3 is 1.90 bits per heavy atom. The second-order valence-corrected chi connectivity index (χ2v) is 5.65. The Balaban J connectivity index is 3.07. The van der Waals surface area contributed by atoms with Gasteiger partial charge in [0.2, 0.25) is 6.29 Å². The van der Waals surface area contributed by atoms with E-state index in [1.165, 1.54) is 64.2 Å². The van der Waals surface area contributed by atoms with Crippen LogP contribution in [-0.4, -0.2) is 17.5 Å². The summed E-state index contributed by atoms with van der Waals surface area (Å²) in [5.74, 6) is 0. The van der Waals surface area contributed by atoms with E-state index in [1.54, 1.807) is 6.29 Å². The maximum atomic E-state index is 10.1. The van der Waals surface area contributed by atoms with Gasteiger partial charge in [-0.25, -0.2) is 0 Å². The van der Waals surface area contributed by atoms with Crippen LogP contribution in [0.1, 0.15) is 90.4 Å². The Bertz CT molecular complexity index is 223. The SMILES string of the molecule is CCCCC/C=C/CCCCCCCCCC(O)[C]=O. The topological polar surface area (TPSA) is 37.3 Å². The molecule has 0 heterocycles. The molecular weight excluding hydrogens is 248 g/mol. The van der Waals surface area contributed by atoms with Gasteiger partial charge in [0, 0.05) is 0 Å². The number of unbranched alkanes of at least 4 members (excludes halogenated alkanes) is 10. The predicted molar refractivity (Wildman–Crippen MR) is 86.5 cm³/mol. The van der Waals surface area contributed by atoms with Crippen LogP contribution in [0.2, 0.25) is 0 Å². The summed E-state index contributed by atoms with van der Waals surface area (Å²) in [7, 11) is 0. The van der Waals surface area contributed by atoms with Gasteiger partial charge in [-0.15, -0.1) is 0 Å². The van der Waals surface area contributed by atoms with Crippen molar-refractivity contribution in [2.24, 2.45) is 0 Å². The number of hydrogen-bond acceptors (Lipinski definition) is 2. The van der Waals surface area contributed by atoms with Gasteiger partial charge in [-0.1, -0.05) is 70.4 Å². The van der Waals surface area contributed by atoms with Gasteiger partial charge in [-0.3, -0.25) is 4.79 Å². The van der Waals surface area contributed by atoms with Gasteiger partial charge in [-0.05, 0) is 32.1 Å². The second kappa shape index (κ2) is 16.4. The van der Waals surface area contributed by atoms with Gasteiger partial charge in [0.1, 0.15) is 6.10 Å². The van der Waals surface area contributed by atoms with Gasteiger partial charge in [-0.2, -0.15) is 0 Å². The largest absolute Gasteiger partial charge is 0.385 e. The standard InChI is InChI=1S/C18H33O2/c1-2-3-4-5-6-7-8-9-10-11-12-13-14-15-16-18(20)17-19/h6-7,18,20H,2-5,8-16H2,1H3/b7-6+. The van der Waals surface area contributed by atoms with E-state index in [1.807, 2.05) is 0 Å². The third-order valence-corrected chi connectivity index (χ3v) is 3.63. The van der Waals surface area contributed by atoms with Crippen LogP contribution in [0.4, 0.5) is 0 Å². The van der Waals surface area contributed by atoms with E-state index in [4.69, 9.17) is 5.11 Å². The zero-order chi connectivity index (χ0) is 14.9. The molecule has 1 N–H and O–H groups in total. The van der Waals surface area contributed by atoms with Crippen LogP contribution in [0.5, 0.6) is 0 Å². The van der Waals surface area contributed by atoms with Crippen LogP contribution in [0.15, 0.2) is 12.2 Å². The van der Waals surface area contributed by atoms with Crippen molar-refractivity contribution in [1.29, 1.82) is 0 Å². The summed E-state index contributed by atoms with van der Waals surface area (Å²) in [6.07, 6.45) is 21.0. The first-order chi connectivity index (χ1) is 9.81. The molecule has 20 heavy (non-hydrogen) atoms. The molecule has 0 rings (SSSR count). The zero-order valence-electron chi connectivity index (χ0n) is 13.3. The Kier molecular flexibility index (Phi) is 15.9. The molecule has 0 spiro atoms. The van der Waals surface area contributed by atoms with E-state index in [0.29, 0.717) is 6.42 Å². The predicted octanol–water partition coefficient (Wildman–Crippen LogP) is 5.10. The number of hydrogen-bond donors (Lipinski definition) is 1. The summed E-state index contributed by atoms with van der Waals surface area (Å²) in [4.78, 5) is 10.1. The number of allylic oxidation sites excluding steroid dienone is 2. The highest BCUT2D eigenvalue weighted by molar-refractivity contribution is 5.56. The first-order valence-corrected chi connectivity index (χ1v) is 8.52. The second-order valence-electron chi connectivity index (χ2n) is 5.65. The average Bonchev–Trinajstić information content (AvgIpc) is 2.47. The Hall–Kier alpha value is -0.630. The summed E-state index contributed by atoms with van der Waals surface area (Å²) in [6.45, 7) is 2.24. The molecule has 117 valence electrons. The first kappa shape index (κ1) is 19.4. The van der Waals surface area contributed by atoms with Crippen LogP contribution in [0.3, 0.4) is 0 Å². The monoisotopic (exact) mass is 281 g/mol. The lowest BCUT2D eigenvalue weighted by atomic mass is 10.1. The summed E-state index contributed by atoms with van der Waals surface area (Å²) >= 11 is 0. The van der Waals surface area contributed by atoms with Gasteiger partial charge in [0.15, 0.2) is 0 Å².